The highest BCUT2D eigenvalue weighted by atomic mass is 15.3. The summed E-state index contributed by atoms with van der Waals surface area (Å²) in [6, 6.07) is 46.8. The molecule has 6 aromatic rings. The number of hydrogen-bond donors (Lipinski definition) is 0. The summed E-state index contributed by atoms with van der Waals surface area (Å²) < 4.78 is 0. The van der Waals surface area contributed by atoms with Gasteiger partial charge in [-0.25, -0.2) is 0 Å². The summed E-state index contributed by atoms with van der Waals surface area (Å²) in [5.41, 5.74) is 22.6. The van der Waals surface area contributed by atoms with E-state index in [1.807, 2.05) is 0 Å². The Morgan fingerprint density at radius 1 is 0.371 bits per heavy atom. The van der Waals surface area contributed by atoms with E-state index >= 15 is 0 Å². The van der Waals surface area contributed by atoms with E-state index in [0.29, 0.717) is 0 Å². The van der Waals surface area contributed by atoms with Crippen molar-refractivity contribution in [2.45, 2.75) is 194 Å². The number of hydrogen-bond acceptors (Lipinski definition) is 3. The van der Waals surface area contributed by atoms with Gasteiger partial charge in [0.25, 0.3) is 6.71 Å². The fourth-order valence-electron chi connectivity index (χ4n) is 12.8. The van der Waals surface area contributed by atoms with E-state index in [4.69, 9.17) is 0 Å². The fraction of sp³-hybridized carbons (Fsp3) is 0.455. The Hall–Kier alpha value is -5.22. The largest absolute Gasteiger partial charge is 0.334 e. The minimum absolute atomic E-state index is 0.0197. The molecule has 4 aliphatic rings. The van der Waals surface area contributed by atoms with E-state index in [1.165, 1.54) is 127 Å². The maximum atomic E-state index is 2.85. The lowest BCUT2D eigenvalue weighted by Crippen LogP contribution is -2.62. The van der Waals surface area contributed by atoms with Crippen LogP contribution in [0.5, 0.6) is 0 Å². The monoisotopic (exact) mass is 928 g/mol. The van der Waals surface area contributed by atoms with Crippen molar-refractivity contribution in [2.75, 3.05) is 14.7 Å². The van der Waals surface area contributed by atoms with E-state index in [-0.39, 0.29) is 44.7 Å². The van der Waals surface area contributed by atoms with Gasteiger partial charge < -0.3 is 14.7 Å². The molecule has 10 rings (SSSR count). The molecule has 1 saturated carbocycles. The molecule has 3 heterocycles. The van der Waals surface area contributed by atoms with Gasteiger partial charge in [-0.3, -0.25) is 0 Å². The lowest BCUT2D eigenvalue weighted by Gasteiger charge is -2.50. The highest BCUT2D eigenvalue weighted by molar-refractivity contribution is 7.00. The van der Waals surface area contributed by atoms with Crippen LogP contribution in [0, 0.1) is 0 Å². The Morgan fingerprint density at radius 3 is 1.16 bits per heavy atom. The zero-order chi connectivity index (χ0) is 50.3. The van der Waals surface area contributed by atoms with Crippen LogP contribution in [-0.4, -0.2) is 12.3 Å². The first-order valence-electron chi connectivity index (χ1n) is 26.8. The van der Waals surface area contributed by atoms with Crippen LogP contribution in [0.25, 0.3) is 0 Å². The Morgan fingerprint density at radius 2 is 0.743 bits per heavy atom. The van der Waals surface area contributed by atoms with Gasteiger partial charge >= 0.3 is 0 Å². The normalized spacial score (nSPS) is 20.3. The maximum absolute atomic E-state index is 2.85. The van der Waals surface area contributed by atoms with Gasteiger partial charge in [0, 0.05) is 50.9 Å². The first-order valence-corrected chi connectivity index (χ1v) is 26.8. The smallest absolute Gasteiger partial charge is 0.252 e. The van der Waals surface area contributed by atoms with Crippen LogP contribution >= 0.6 is 0 Å². The zero-order valence-corrected chi connectivity index (χ0v) is 46.1. The van der Waals surface area contributed by atoms with Crippen molar-refractivity contribution in [3.63, 3.8) is 0 Å². The molecule has 0 N–H and O–H groups in total. The van der Waals surface area contributed by atoms with Gasteiger partial charge in [0.05, 0.1) is 5.54 Å². The summed E-state index contributed by atoms with van der Waals surface area (Å²) in [5.74, 6) is 0. The molecule has 2 unspecified atom stereocenters. The standard InChI is InChI=1S/C66H82BN3/c1-60(2,3)43-22-29-48(30-23-43)68-55-34-27-46(63(10,11)12)39-52(55)67-53-40-47(64(13,14)15)28-35-56(53)69(49-31-24-44(25-32-49)61(4,5)6)58-42-50(41-57(68)59(58)67)70-54-33-26-45(62(7,8)9)38-51(54)65(16)36-20-18-19-21-37-66(65,70)17/h22-35,38-42H,18-21,36-37H2,1-17H3. The quantitative estimate of drug-likeness (QED) is 0.164. The van der Waals surface area contributed by atoms with Crippen LogP contribution in [0.3, 0.4) is 0 Å². The average Bonchev–Trinajstić information content (AvgIpc) is 3.45. The van der Waals surface area contributed by atoms with Gasteiger partial charge in [-0.15, -0.1) is 0 Å². The molecule has 3 aliphatic heterocycles. The van der Waals surface area contributed by atoms with E-state index in [2.05, 4.69) is 248 Å². The van der Waals surface area contributed by atoms with Crippen LogP contribution < -0.4 is 31.1 Å². The number of nitrogens with zero attached hydrogens (tertiary/aromatic N) is 3. The maximum Gasteiger partial charge on any atom is 0.252 e. The summed E-state index contributed by atoms with van der Waals surface area (Å²) in [7, 11) is 0. The predicted molar refractivity (Wildman–Crippen MR) is 306 cm³/mol. The fourth-order valence-corrected chi connectivity index (χ4v) is 12.8. The van der Waals surface area contributed by atoms with Gasteiger partial charge in [0.15, 0.2) is 0 Å². The lowest BCUT2D eigenvalue weighted by atomic mass is 9.33. The number of fused-ring (bicyclic) bond motifs is 7. The third-order valence-corrected chi connectivity index (χ3v) is 17.5. The van der Waals surface area contributed by atoms with Gasteiger partial charge in [0.2, 0.25) is 0 Å². The second kappa shape index (κ2) is 16.1. The Balaban J connectivity index is 1.34. The zero-order valence-electron chi connectivity index (χ0n) is 46.1. The minimum Gasteiger partial charge on any atom is -0.334 e. The molecule has 70 heavy (non-hydrogen) atoms. The van der Waals surface area contributed by atoms with Crippen molar-refractivity contribution in [3.8, 4) is 0 Å². The van der Waals surface area contributed by atoms with Crippen LogP contribution in [0.1, 0.15) is 190 Å². The average molecular weight is 928 g/mol. The SMILES string of the molecule is CC(C)(C)c1ccc(N2c3ccc(C(C)(C)C)cc3B3c4cc(C(C)(C)C)ccc4N(c4ccc(C(C)(C)C)cc4)c4cc(N5c6ccc(C(C)(C)C)cc6C6(C)CCCCCCC56C)cc2c43)cc1. The predicted octanol–water partition coefficient (Wildman–Crippen LogP) is 16.8. The second-order valence-electron chi connectivity index (χ2n) is 27.5. The summed E-state index contributed by atoms with van der Waals surface area (Å²) in [6.07, 6.45) is 7.42. The number of benzene rings is 6. The number of rotatable bonds is 3. The highest BCUT2D eigenvalue weighted by Crippen LogP contribution is 2.61. The second-order valence-corrected chi connectivity index (χ2v) is 27.5. The molecule has 0 amide bonds. The van der Waals surface area contributed by atoms with Crippen LogP contribution in [0.2, 0.25) is 0 Å². The molecule has 0 bridgehead atoms. The summed E-state index contributed by atoms with van der Waals surface area (Å²) in [6.45, 7) is 40.5. The first-order chi connectivity index (χ1) is 32.6. The third-order valence-electron chi connectivity index (χ3n) is 17.5. The number of anilines is 8. The molecular formula is C66H82BN3. The first kappa shape index (κ1) is 48.4. The molecule has 1 fully saturated rings. The van der Waals surface area contributed by atoms with Gasteiger partial charge in [-0.2, -0.15) is 0 Å². The lowest BCUT2D eigenvalue weighted by molar-refractivity contribution is 0.217. The van der Waals surface area contributed by atoms with Gasteiger partial charge in [0.1, 0.15) is 0 Å². The summed E-state index contributed by atoms with van der Waals surface area (Å²) >= 11 is 0. The van der Waals surface area contributed by atoms with Crippen molar-refractivity contribution in [1.29, 1.82) is 0 Å². The van der Waals surface area contributed by atoms with Crippen molar-refractivity contribution < 1.29 is 0 Å². The van der Waals surface area contributed by atoms with Crippen molar-refractivity contribution in [1.82, 2.24) is 0 Å². The van der Waals surface area contributed by atoms with Crippen LogP contribution in [-0.2, 0) is 32.5 Å². The van der Waals surface area contributed by atoms with Crippen LogP contribution in [0.15, 0.2) is 115 Å². The molecule has 3 nitrogen and oxygen atoms in total. The van der Waals surface area contributed by atoms with E-state index in [0.717, 1.165) is 6.42 Å². The Bertz CT molecular complexity index is 2850. The highest BCUT2D eigenvalue weighted by Gasteiger charge is 2.57. The molecule has 2 atom stereocenters. The Labute approximate surface area is 424 Å². The van der Waals surface area contributed by atoms with Gasteiger partial charge in [-0.1, -0.05) is 197 Å². The van der Waals surface area contributed by atoms with Crippen molar-refractivity contribution >= 4 is 68.6 Å². The minimum atomic E-state index is -0.145. The van der Waals surface area contributed by atoms with E-state index in [9.17, 15) is 0 Å². The molecular weight excluding hydrogens is 846 g/mol. The molecule has 6 aromatic carbocycles. The van der Waals surface area contributed by atoms with E-state index in [1.54, 1.807) is 0 Å². The third kappa shape index (κ3) is 7.76. The van der Waals surface area contributed by atoms with E-state index < -0.39 is 0 Å². The Kier molecular flexibility index (Phi) is 11.2. The molecule has 0 aromatic heterocycles. The van der Waals surface area contributed by atoms with Crippen molar-refractivity contribution in [3.05, 3.63) is 149 Å². The van der Waals surface area contributed by atoms with Gasteiger partial charge in [-0.05, 0) is 151 Å². The van der Waals surface area contributed by atoms with Crippen LogP contribution in [0.4, 0.5) is 45.5 Å². The summed E-state index contributed by atoms with van der Waals surface area (Å²) in [5, 5.41) is 0. The molecule has 1 aliphatic carbocycles. The molecule has 0 spiro atoms. The molecule has 0 radical (unpaired) electrons. The molecule has 0 saturated heterocycles. The summed E-state index contributed by atoms with van der Waals surface area (Å²) in [4.78, 5) is 8.14. The topological polar surface area (TPSA) is 9.72 Å². The molecule has 364 valence electrons. The molecule has 4 heteroatoms. The van der Waals surface area contributed by atoms with Crippen molar-refractivity contribution in [2.24, 2.45) is 0 Å².